The third-order valence-corrected chi connectivity index (χ3v) is 3.63. The van der Waals surface area contributed by atoms with Crippen molar-refractivity contribution in [2.24, 2.45) is 0 Å². The van der Waals surface area contributed by atoms with Gasteiger partial charge in [0, 0.05) is 15.1 Å². The van der Waals surface area contributed by atoms with Gasteiger partial charge >= 0.3 is 6.09 Å². The molecule has 0 aliphatic rings. The Morgan fingerprint density at radius 2 is 1.89 bits per heavy atom. The van der Waals surface area contributed by atoms with E-state index in [1.165, 1.54) is 16.8 Å². The maximum absolute atomic E-state index is 13.8. The van der Waals surface area contributed by atoms with Crippen LogP contribution in [0.2, 0.25) is 0 Å². The molecule has 3 nitrogen and oxygen atoms in total. The number of carbonyl (C=O) groups excluding carboxylic acids is 1. The summed E-state index contributed by atoms with van der Waals surface area (Å²) in [5.74, 6) is -0.396. The first kappa shape index (κ1) is 14.5. The van der Waals surface area contributed by atoms with Gasteiger partial charge in [-0.3, -0.25) is 4.57 Å². The number of nitrogens with zero attached hydrogens (tertiary/aromatic N) is 1. The van der Waals surface area contributed by atoms with Gasteiger partial charge in [-0.2, -0.15) is 0 Å². The maximum atomic E-state index is 13.8. The highest BCUT2D eigenvalue weighted by atomic mass is 79.9. The van der Waals surface area contributed by atoms with E-state index in [2.05, 4.69) is 31.9 Å². The molecule has 0 aliphatic carbocycles. The van der Waals surface area contributed by atoms with Crippen molar-refractivity contribution in [2.75, 3.05) is 0 Å². The Hall–Kier alpha value is -0.880. The third-order valence-electron chi connectivity index (χ3n) is 2.39. The van der Waals surface area contributed by atoms with Crippen molar-refractivity contribution in [3.8, 4) is 0 Å². The van der Waals surface area contributed by atoms with Crippen molar-refractivity contribution in [1.82, 2.24) is 4.57 Å². The summed E-state index contributed by atoms with van der Waals surface area (Å²) >= 11 is 6.59. The monoisotopic (exact) mass is 391 g/mol. The minimum atomic E-state index is -0.611. The molecule has 0 saturated carbocycles. The summed E-state index contributed by atoms with van der Waals surface area (Å²) in [5.41, 5.74) is -0.166. The smallest absolute Gasteiger partial charge is 0.419 e. The molecule has 0 amide bonds. The number of rotatable bonds is 0. The van der Waals surface area contributed by atoms with Crippen molar-refractivity contribution < 1.29 is 13.9 Å². The van der Waals surface area contributed by atoms with Crippen LogP contribution in [0.1, 0.15) is 20.8 Å². The van der Waals surface area contributed by atoms with Gasteiger partial charge in [0.25, 0.3) is 0 Å². The molecule has 6 heteroatoms. The quantitative estimate of drug-likeness (QED) is 0.625. The van der Waals surface area contributed by atoms with Crippen LogP contribution in [-0.4, -0.2) is 16.3 Å². The van der Waals surface area contributed by atoms with Crippen LogP contribution in [0.25, 0.3) is 10.9 Å². The standard InChI is InChI=1S/C13H12Br2FNO2/c1-13(2,3)19-12(18)17-6-8(15)10-9(16)5-4-7(14)11(10)17/h4-6H,1-3H3. The fourth-order valence-electron chi connectivity index (χ4n) is 1.70. The molecule has 2 aromatic rings. The summed E-state index contributed by atoms with van der Waals surface area (Å²) in [6.07, 6.45) is 0.960. The first-order valence-corrected chi connectivity index (χ1v) is 7.17. The highest BCUT2D eigenvalue weighted by Crippen LogP contribution is 2.34. The fourth-order valence-corrected chi connectivity index (χ4v) is 2.80. The average Bonchev–Trinajstić information content (AvgIpc) is 2.61. The first-order valence-electron chi connectivity index (χ1n) is 5.58. The molecule has 0 aliphatic heterocycles. The minimum absolute atomic E-state index is 0.347. The lowest BCUT2D eigenvalue weighted by Gasteiger charge is -2.19. The lowest BCUT2D eigenvalue weighted by atomic mass is 10.2. The zero-order chi connectivity index (χ0) is 14.4. The zero-order valence-electron chi connectivity index (χ0n) is 10.6. The Balaban J connectivity index is 2.63. The van der Waals surface area contributed by atoms with Crippen LogP contribution in [0.15, 0.2) is 27.3 Å². The highest BCUT2D eigenvalue weighted by Gasteiger charge is 2.22. The van der Waals surface area contributed by atoms with Crippen LogP contribution < -0.4 is 0 Å². The third kappa shape index (κ3) is 2.84. The molecular weight excluding hydrogens is 381 g/mol. The summed E-state index contributed by atoms with van der Waals surface area (Å²) in [4.78, 5) is 12.1. The van der Waals surface area contributed by atoms with Crippen molar-refractivity contribution in [1.29, 1.82) is 0 Å². The summed E-state index contributed by atoms with van der Waals surface area (Å²) in [5, 5.41) is 0.347. The molecule has 0 atom stereocenters. The van der Waals surface area contributed by atoms with Crippen LogP contribution in [-0.2, 0) is 4.74 Å². The van der Waals surface area contributed by atoms with Crippen LogP contribution in [0.4, 0.5) is 9.18 Å². The number of hydrogen-bond acceptors (Lipinski definition) is 2. The predicted molar refractivity (Wildman–Crippen MR) is 78.9 cm³/mol. The van der Waals surface area contributed by atoms with E-state index in [1.54, 1.807) is 26.8 Å². The SMILES string of the molecule is CC(C)(C)OC(=O)n1cc(Br)c2c(F)ccc(Br)c21. The van der Waals surface area contributed by atoms with Gasteiger partial charge in [0.15, 0.2) is 0 Å². The minimum Gasteiger partial charge on any atom is -0.443 e. The Labute approximate surface area is 127 Å². The van der Waals surface area contributed by atoms with E-state index in [-0.39, 0.29) is 0 Å². The Kier molecular flexibility index (Phi) is 3.75. The molecule has 0 bridgehead atoms. The van der Waals surface area contributed by atoms with Crippen LogP contribution >= 0.6 is 31.9 Å². The summed E-state index contributed by atoms with van der Waals surface area (Å²) in [7, 11) is 0. The van der Waals surface area contributed by atoms with Gasteiger partial charge in [-0.15, -0.1) is 0 Å². The predicted octanol–water partition coefficient (Wildman–Crippen LogP) is 5.09. The lowest BCUT2D eigenvalue weighted by Crippen LogP contribution is -2.26. The van der Waals surface area contributed by atoms with Gasteiger partial charge in [-0.25, -0.2) is 9.18 Å². The highest BCUT2D eigenvalue weighted by molar-refractivity contribution is 9.11. The van der Waals surface area contributed by atoms with Gasteiger partial charge in [0.05, 0.1) is 10.9 Å². The van der Waals surface area contributed by atoms with Crippen molar-refractivity contribution in [3.05, 3.63) is 33.1 Å². The van der Waals surface area contributed by atoms with E-state index < -0.39 is 17.5 Å². The number of aromatic nitrogens is 1. The van der Waals surface area contributed by atoms with Gasteiger partial charge in [0.1, 0.15) is 11.4 Å². The molecule has 102 valence electrons. The molecule has 0 radical (unpaired) electrons. The molecular formula is C13H12Br2FNO2. The summed E-state index contributed by atoms with van der Waals surface area (Å²) in [6, 6.07) is 2.90. The zero-order valence-corrected chi connectivity index (χ0v) is 13.8. The summed E-state index contributed by atoms with van der Waals surface area (Å²) < 4.78 is 21.5. The van der Waals surface area contributed by atoms with Gasteiger partial charge in [0.2, 0.25) is 0 Å². The average molecular weight is 393 g/mol. The molecule has 0 fully saturated rings. The molecule has 0 N–H and O–H groups in total. The number of carbonyl (C=O) groups is 1. The second kappa shape index (κ2) is 4.90. The first-order chi connectivity index (χ1) is 8.70. The van der Waals surface area contributed by atoms with Crippen molar-refractivity contribution >= 4 is 48.9 Å². The van der Waals surface area contributed by atoms with Gasteiger partial charge in [-0.1, -0.05) is 0 Å². The van der Waals surface area contributed by atoms with Crippen molar-refractivity contribution in [3.63, 3.8) is 0 Å². The Bertz CT molecular complexity index is 659. The number of benzene rings is 1. The van der Waals surface area contributed by atoms with Gasteiger partial charge < -0.3 is 4.74 Å². The van der Waals surface area contributed by atoms with Crippen molar-refractivity contribution in [2.45, 2.75) is 26.4 Å². The van der Waals surface area contributed by atoms with Crippen LogP contribution in [0.3, 0.4) is 0 Å². The molecule has 0 spiro atoms. The largest absolute Gasteiger partial charge is 0.443 e. The second-order valence-corrected chi connectivity index (χ2v) is 6.79. The van der Waals surface area contributed by atoms with E-state index in [1.807, 2.05) is 0 Å². The molecule has 1 aromatic heterocycles. The summed E-state index contributed by atoms with van der Waals surface area (Å²) in [6.45, 7) is 5.34. The van der Waals surface area contributed by atoms with Gasteiger partial charge in [-0.05, 0) is 64.8 Å². The normalized spacial score (nSPS) is 11.9. The fraction of sp³-hybridized carbons (Fsp3) is 0.308. The van der Waals surface area contributed by atoms with E-state index in [0.29, 0.717) is 19.8 Å². The second-order valence-electron chi connectivity index (χ2n) is 5.08. The Morgan fingerprint density at radius 1 is 1.26 bits per heavy atom. The number of hydrogen-bond donors (Lipinski definition) is 0. The topological polar surface area (TPSA) is 31.2 Å². The number of ether oxygens (including phenoxy) is 1. The molecule has 0 saturated heterocycles. The lowest BCUT2D eigenvalue weighted by molar-refractivity contribution is 0.0544. The molecule has 1 heterocycles. The van der Waals surface area contributed by atoms with Crippen LogP contribution in [0.5, 0.6) is 0 Å². The Morgan fingerprint density at radius 3 is 2.47 bits per heavy atom. The number of halogens is 3. The van der Waals surface area contributed by atoms with E-state index >= 15 is 0 Å². The molecule has 0 unspecified atom stereocenters. The van der Waals surface area contributed by atoms with E-state index in [9.17, 15) is 9.18 Å². The molecule has 1 aromatic carbocycles. The number of fused-ring (bicyclic) bond motifs is 1. The van der Waals surface area contributed by atoms with E-state index in [4.69, 9.17) is 4.74 Å². The maximum Gasteiger partial charge on any atom is 0.419 e. The molecule has 19 heavy (non-hydrogen) atoms. The van der Waals surface area contributed by atoms with Crippen LogP contribution in [0, 0.1) is 5.82 Å². The molecule has 2 rings (SSSR count). The van der Waals surface area contributed by atoms with E-state index in [0.717, 1.165) is 0 Å².